The van der Waals surface area contributed by atoms with Gasteiger partial charge in [-0.05, 0) is 50.6 Å². The molecule has 2 saturated heterocycles. The quantitative estimate of drug-likeness (QED) is 0.668. The van der Waals surface area contributed by atoms with E-state index >= 15 is 0 Å². The Bertz CT molecular complexity index is 1040. The van der Waals surface area contributed by atoms with Crippen molar-refractivity contribution in [2.75, 3.05) is 26.7 Å². The van der Waals surface area contributed by atoms with Crippen molar-refractivity contribution in [3.8, 4) is 11.3 Å². The third kappa shape index (κ3) is 4.74. The Hall–Kier alpha value is -2.55. The number of likely N-dealkylation sites (tertiary alicyclic amines) is 1. The van der Waals surface area contributed by atoms with E-state index in [4.69, 9.17) is 9.47 Å². The van der Waals surface area contributed by atoms with Gasteiger partial charge < -0.3 is 14.4 Å². The Labute approximate surface area is 194 Å². The number of benzene rings is 1. The molecule has 0 aliphatic carbocycles. The predicted molar refractivity (Wildman–Crippen MR) is 124 cm³/mol. The lowest BCUT2D eigenvalue weighted by atomic mass is 10.00. The highest BCUT2D eigenvalue weighted by atomic mass is 19.1. The van der Waals surface area contributed by atoms with E-state index in [1.165, 1.54) is 31.0 Å². The molecule has 0 saturated carbocycles. The first-order valence-corrected chi connectivity index (χ1v) is 11.8. The number of ether oxygens (including phenoxy) is 2. The molecule has 8 heteroatoms. The van der Waals surface area contributed by atoms with Crippen molar-refractivity contribution in [2.45, 2.75) is 50.7 Å². The fourth-order valence-corrected chi connectivity index (χ4v) is 5.11. The number of aromatic nitrogens is 3. The normalized spacial score (nSPS) is 26.1. The first-order valence-electron chi connectivity index (χ1n) is 11.8. The smallest absolute Gasteiger partial charge is 0.160 e. The molecule has 7 nitrogen and oxygen atoms in total. The minimum absolute atomic E-state index is 0.262. The summed E-state index contributed by atoms with van der Waals surface area (Å²) in [5.74, 6) is -0.318. The molecule has 5 rings (SSSR count). The largest absolute Gasteiger partial charge is 0.370 e. The molecule has 33 heavy (non-hydrogen) atoms. The van der Waals surface area contributed by atoms with Crippen LogP contribution in [0, 0.1) is 5.82 Å². The predicted octanol–water partition coefficient (Wildman–Crippen LogP) is 3.49. The molecule has 1 aromatic carbocycles. The number of rotatable bonds is 6. The van der Waals surface area contributed by atoms with Crippen LogP contribution in [0.25, 0.3) is 11.3 Å². The molecule has 0 amide bonds. The van der Waals surface area contributed by atoms with E-state index in [1.807, 2.05) is 0 Å². The van der Waals surface area contributed by atoms with E-state index in [9.17, 15) is 4.39 Å². The van der Waals surface area contributed by atoms with E-state index < -0.39 is 0 Å². The Kier molecular flexibility index (Phi) is 6.57. The number of likely N-dealkylation sites (N-methyl/N-ethyl adjacent to an activating group) is 1. The molecular weight excluding hydrogens is 421 g/mol. The third-order valence-electron chi connectivity index (χ3n) is 7.01. The molecule has 1 aromatic heterocycles. The number of hydrogen-bond acceptors (Lipinski definition) is 6. The van der Waals surface area contributed by atoms with E-state index in [1.54, 1.807) is 29.9 Å². The third-order valence-corrected chi connectivity index (χ3v) is 7.01. The first kappa shape index (κ1) is 22.3. The molecule has 2 fully saturated rings. The maximum atomic E-state index is 14.3. The van der Waals surface area contributed by atoms with Crippen LogP contribution in [0.2, 0.25) is 0 Å². The minimum atomic E-state index is -0.318. The summed E-state index contributed by atoms with van der Waals surface area (Å²) in [6, 6.07) is 7.50. The second-order valence-corrected chi connectivity index (χ2v) is 9.14. The Morgan fingerprint density at radius 3 is 2.91 bits per heavy atom. The summed E-state index contributed by atoms with van der Waals surface area (Å²) in [4.78, 5) is 4.89. The van der Waals surface area contributed by atoms with Crippen molar-refractivity contribution in [3.05, 3.63) is 59.7 Å². The highest BCUT2D eigenvalue weighted by Gasteiger charge is 2.30. The monoisotopic (exact) mass is 453 g/mol. The number of hydrogen-bond donors (Lipinski definition) is 0. The van der Waals surface area contributed by atoms with Gasteiger partial charge in [0.25, 0.3) is 0 Å². The number of halogens is 1. The fourth-order valence-electron chi connectivity index (χ4n) is 5.11. The minimum Gasteiger partial charge on any atom is -0.370 e. The van der Waals surface area contributed by atoms with Gasteiger partial charge in [0, 0.05) is 43.9 Å². The summed E-state index contributed by atoms with van der Waals surface area (Å²) in [6.07, 6.45) is 10.8. The van der Waals surface area contributed by atoms with Crippen LogP contribution < -0.4 is 0 Å². The van der Waals surface area contributed by atoms with Crippen molar-refractivity contribution in [1.29, 1.82) is 0 Å². The zero-order chi connectivity index (χ0) is 22.8. The van der Waals surface area contributed by atoms with Gasteiger partial charge in [0.05, 0.1) is 18.9 Å². The van der Waals surface area contributed by atoms with E-state index in [0.29, 0.717) is 29.9 Å². The van der Waals surface area contributed by atoms with E-state index in [-0.39, 0.29) is 18.7 Å². The molecule has 0 radical (unpaired) electrons. The number of nitrogens with zero attached hydrogens (tertiary/aromatic N) is 5. The second-order valence-electron chi connectivity index (χ2n) is 9.14. The van der Waals surface area contributed by atoms with Gasteiger partial charge in [0.2, 0.25) is 0 Å². The van der Waals surface area contributed by atoms with Crippen LogP contribution in [-0.2, 0) is 23.1 Å². The van der Waals surface area contributed by atoms with Crippen molar-refractivity contribution < 1.29 is 13.9 Å². The summed E-state index contributed by atoms with van der Waals surface area (Å²) < 4.78 is 28.1. The summed E-state index contributed by atoms with van der Waals surface area (Å²) in [7, 11) is 4.01. The molecule has 3 atom stereocenters. The number of aryl methyl sites for hydroxylation is 1. The van der Waals surface area contributed by atoms with E-state index in [2.05, 4.69) is 45.5 Å². The van der Waals surface area contributed by atoms with Crippen LogP contribution in [0.4, 0.5) is 4.39 Å². The van der Waals surface area contributed by atoms with Gasteiger partial charge >= 0.3 is 0 Å². The standard InChI is InChI=1S/C25H32FN5O2/c1-29-12-6-10-22(29)18-7-5-13-31(16-18)19-11-14-32-24(15-19)33-17-23-25(27-28-30(23)2)20-8-3-4-9-21(20)26/h3-5,7-9,16,19,22,24H,6,10-15,17H2,1-2H3. The Morgan fingerprint density at radius 1 is 1.21 bits per heavy atom. The van der Waals surface area contributed by atoms with Crippen molar-refractivity contribution >= 4 is 0 Å². The topological polar surface area (TPSA) is 55.6 Å². The average Bonchev–Trinajstić information content (AvgIpc) is 3.43. The molecule has 0 N–H and O–H groups in total. The highest BCUT2D eigenvalue weighted by molar-refractivity contribution is 5.61. The SMILES string of the molecule is CN1CCCC1C1=CN(C2CCOC(OCc3c(-c4ccccc4F)nnn3C)C2)CC=C1. The lowest BCUT2D eigenvalue weighted by molar-refractivity contribution is -0.181. The fraction of sp³-hybridized carbons (Fsp3) is 0.520. The molecule has 4 heterocycles. The molecule has 3 aliphatic heterocycles. The van der Waals surface area contributed by atoms with E-state index in [0.717, 1.165) is 25.1 Å². The van der Waals surface area contributed by atoms with Gasteiger partial charge in [0.1, 0.15) is 11.5 Å². The van der Waals surface area contributed by atoms with Crippen LogP contribution in [0.5, 0.6) is 0 Å². The maximum Gasteiger partial charge on any atom is 0.160 e. The second kappa shape index (κ2) is 9.75. The van der Waals surface area contributed by atoms with Crippen LogP contribution in [-0.4, -0.2) is 69.9 Å². The van der Waals surface area contributed by atoms with Crippen LogP contribution in [0.3, 0.4) is 0 Å². The summed E-state index contributed by atoms with van der Waals surface area (Å²) in [5.41, 5.74) is 3.08. The van der Waals surface area contributed by atoms with Gasteiger partial charge in [-0.15, -0.1) is 5.10 Å². The zero-order valence-electron chi connectivity index (χ0n) is 19.4. The summed E-state index contributed by atoms with van der Waals surface area (Å²) >= 11 is 0. The van der Waals surface area contributed by atoms with Gasteiger partial charge in [-0.25, -0.2) is 9.07 Å². The van der Waals surface area contributed by atoms with Crippen molar-refractivity contribution in [1.82, 2.24) is 24.8 Å². The Balaban J connectivity index is 1.24. The lowest BCUT2D eigenvalue weighted by Gasteiger charge is -2.38. The van der Waals surface area contributed by atoms with Gasteiger partial charge in [-0.2, -0.15) is 0 Å². The summed E-state index contributed by atoms with van der Waals surface area (Å²) in [6.45, 7) is 3.01. The molecule has 0 bridgehead atoms. The van der Waals surface area contributed by atoms with Crippen LogP contribution in [0.1, 0.15) is 31.4 Å². The average molecular weight is 454 g/mol. The van der Waals surface area contributed by atoms with Crippen molar-refractivity contribution in [3.63, 3.8) is 0 Å². The van der Waals surface area contributed by atoms with Gasteiger partial charge in [-0.3, -0.25) is 4.90 Å². The van der Waals surface area contributed by atoms with Gasteiger partial charge in [-0.1, -0.05) is 29.5 Å². The molecule has 3 aliphatic rings. The molecule has 176 valence electrons. The highest BCUT2D eigenvalue weighted by Crippen LogP contribution is 2.29. The first-order chi connectivity index (χ1) is 16.1. The zero-order valence-corrected chi connectivity index (χ0v) is 19.4. The molecule has 2 aromatic rings. The lowest BCUT2D eigenvalue weighted by Crippen LogP contribution is -2.42. The maximum absolute atomic E-state index is 14.3. The van der Waals surface area contributed by atoms with Crippen LogP contribution in [0.15, 0.2) is 48.2 Å². The molecule has 0 spiro atoms. The van der Waals surface area contributed by atoms with Crippen LogP contribution >= 0.6 is 0 Å². The van der Waals surface area contributed by atoms with Crippen molar-refractivity contribution in [2.24, 2.45) is 7.05 Å². The summed E-state index contributed by atoms with van der Waals surface area (Å²) in [5, 5.41) is 8.27. The Morgan fingerprint density at radius 2 is 2.09 bits per heavy atom. The van der Waals surface area contributed by atoms with Gasteiger partial charge in [0.15, 0.2) is 6.29 Å². The molecule has 3 unspecified atom stereocenters. The molecular formula is C25H32FN5O2.